The average molecular weight is 420 g/mol. The van der Waals surface area contributed by atoms with Crippen LogP contribution in [-0.2, 0) is 6.61 Å². The summed E-state index contributed by atoms with van der Waals surface area (Å²) in [7, 11) is 1.62. The molecule has 4 heteroatoms. The zero-order chi connectivity index (χ0) is 19.1. The van der Waals surface area contributed by atoms with Gasteiger partial charge in [0.25, 0.3) is 0 Å². The molecule has 0 fully saturated rings. The van der Waals surface area contributed by atoms with E-state index in [1.165, 1.54) is 0 Å². The zero-order valence-electron chi connectivity index (χ0n) is 14.9. The van der Waals surface area contributed by atoms with Crippen LogP contribution in [-0.4, -0.2) is 7.11 Å². The van der Waals surface area contributed by atoms with E-state index < -0.39 is 0 Å². The minimum atomic E-state index is 0.461. The molecule has 0 saturated heterocycles. The van der Waals surface area contributed by atoms with Gasteiger partial charge in [-0.05, 0) is 59.7 Å². The smallest absolute Gasteiger partial charge is 0.127 e. The van der Waals surface area contributed by atoms with Crippen LogP contribution in [0.25, 0.3) is 11.6 Å². The largest absolute Gasteiger partial charge is 0.497 e. The molecular formula is C23H18BrNO2. The van der Waals surface area contributed by atoms with Crippen molar-refractivity contribution in [1.82, 2.24) is 0 Å². The van der Waals surface area contributed by atoms with Gasteiger partial charge in [-0.2, -0.15) is 5.26 Å². The van der Waals surface area contributed by atoms with E-state index in [9.17, 15) is 5.26 Å². The number of nitrogens with zero attached hydrogens (tertiary/aromatic N) is 1. The topological polar surface area (TPSA) is 42.2 Å². The Balaban J connectivity index is 1.83. The summed E-state index contributed by atoms with van der Waals surface area (Å²) in [4.78, 5) is 0. The Morgan fingerprint density at radius 3 is 2.37 bits per heavy atom. The van der Waals surface area contributed by atoms with Crippen molar-refractivity contribution in [3.63, 3.8) is 0 Å². The third-order valence-corrected chi connectivity index (χ3v) is 4.58. The van der Waals surface area contributed by atoms with E-state index in [2.05, 4.69) is 22.0 Å². The molecule has 3 aromatic carbocycles. The van der Waals surface area contributed by atoms with Crippen LogP contribution in [0.3, 0.4) is 0 Å². The fourth-order valence-electron chi connectivity index (χ4n) is 2.58. The molecule has 0 atom stereocenters. The predicted octanol–water partition coefficient (Wildman–Crippen LogP) is 6.10. The van der Waals surface area contributed by atoms with Crippen molar-refractivity contribution >= 4 is 27.6 Å². The first kappa shape index (κ1) is 18.8. The molecule has 3 aromatic rings. The van der Waals surface area contributed by atoms with Gasteiger partial charge in [-0.15, -0.1) is 0 Å². The molecule has 134 valence electrons. The molecule has 27 heavy (non-hydrogen) atoms. The van der Waals surface area contributed by atoms with Crippen molar-refractivity contribution < 1.29 is 9.47 Å². The first-order valence-corrected chi connectivity index (χ1v) is 9.21. The van der Waals surface area contributed by atoms with Gasteiger partial charge in [0, 0.05) is 10.0 Å². The minimum Gasteiger partial charge on any atom is -0.497 e. The van der Waals surface area contributed by atoms with Crippen LogP contribution >= 0.6 is 15.9 Å². The molecule has 0 N–H and O–H groups in total. The summed E-state index contributed by atoms with van der Waals surface area (Å²) in [5.74, 6) is 1.50. The zero-order valence-corrected chi connectivity index (χ0v) is 16.4. The van der Waals surface area contributed by atoms with Gasteiger partial charge in [0.1, 0.15) is 18.1 Å². The lowest BCUT2D eigenvalue weighted by molar-refractivity contribution is 0.305. The van der Waals surface area contributed by atoms with Crippen molar-refractivity contribution in [2.75, 3.05) is 7.11 Å². The number of nitriles is 1. The molecule has 0 heterocycles. The molecule has 0 radical (unpaired) electrons. The first-order valence-electron chi connectivity index (χ1n) is 8.42. The highest BCUT2D eigenvalue weighted by molar-refractivity contribution is 9.10. The summed E-state index contributed by atoms with van der Waals surface area (Å²) < 4.78 is 12.2. The standard InChI is InChI=1S/C23H18BrNO2/c1-26-22-12-8-18(9-13-22)20(15-25)14-19-4-2-3-5-23(19)27-16-17-6-10-21(24)11-7-17/h2-14H,16H2,1H3/b20-14+. The highest BCUT2D eigenvalue weighted by Gasteiger charge is 2.06. The Hall–Kier alpha value is -3.03. The molecule has 0 amide bonds. The lowest BCUT2D eigenvalue weighted by atomic mass is 10.0. The lowest BCUT2D eigenvalue weighted by Crippen LogP contribution is -1.97. The van der Waals surface area contributed by atoms with Crippen LogP contribution in [0.5, 0.6) is 11.5 Å². The predicted molar refractivity (Wildman–Crippen MR) is 111 cm³/mol. The van der Waals surface area contributed by atoms with Gasteiger partial charge in [0.05, 0.1) is 18.8 Å². The van der Waals surface area contributed by atoms with E-state index in [0.717, 1.165) is 32.7 Å². The summed E-state index contributed by atoms with van der Waals surface area (Å²) in [6, 6.07) is 25.4. The number of benzene rings is 3. The molecule has 0 saturated carbocycles. The van der Waals surface area contributed by atoms with Gasteiger partial charge in [-0.25, -0.2) is 0 Å². The molecule has 0 spiro atoms. The second-order valence-electron chi connectivity index (χ2n) is 5.85. The number of rotatable bonds is 6. The van der Waals surface area contributed by atoms with Crippen LogP contribution in [0.4, 0.5) is 0 Å². The Morgan fingerprint density at radius 2 is 1.70 bits per heavy atom. The van der Waals surface area contributed by atoms with Crippen molar-refractivity contribution in [1.29, 1.82) is 5.26 Å². The molecular weight excluding hydrogens is 402 g/mol. The molecule has 0 aliphatic carbocycles. The van der Waals surface area contributed by atoms with Crippen LogP contribution in [0.2, 0.25) is 0 Å². The number of allylic oxidation sites excluding steroid dienone is 1. The van der Waals surface area contributed by atoms with Gasteiger partial charge >= 0.3 is 0 Å². The van der Waals surface area contributed by atoms with Crippen molar-refractivity contribution in [3.05, 3.63) is 94.0 Å². The average Bonchev–Trinajstić information content (AvgIpc) is 2.72. The summed E-state index contributed by atoms with van der Waals surface area (Å²) in [6.45, 7) is 0.461. The van der Waals surface area contributed by atoms with Crippen molar-refractivity contribution in [2.24, 2.45) is 0 Å². The fraction of sp³-hybridized carbons (Fsp3) is 0.0870. The van der Waals surface area contributed by atoms with Crippen molar-refractivity contribution in [3.8, 4) is 17.6 Å². The summed E-state index contributed by atoms with van der Waals surface area (Å²) in [5.41, 5.74) is 3.34. The van der Waals surface area contributed by atoms with E-state index in [0.29, 0.717) is 12.2 Å². The van der Waals surface area contributed by atoms with Gasteiger partial charge in [0.2, 0.25) is 0 Å². The fourth-order valence-corrected chi connectivity index (χ4v) is 2.84. The van der Waals surface area contributed by atoms with Gasteiger partial charge < -0.3 is 9.47 Å². The quantitative estimate of drug-likeness (QED) is 0.357. The van der Waals surface area contributed by atoms with E-state index in [1.807, 2.05) is 78.9 Å². The number of halogens is 1. The molecule has 3 rings (SSSR count). The number of ether oxygens (including phenoxy) is 2. The second kappa shape index (κ2) is 9.07. The number of methoxy groups -OCH3 is 1. The lowest BCUT2D eigenvalue weighted by Gasteiger charge is -2.10. The summed E-state index contributed by atoms with van der Waals surface area (Å²) >= 11 is 3.43. The molecule has 0 unspecified atom stereocenters. The maximum Gasteiger partial charge on any atom is 0.127 e. The number of para-hydroxylation sites is 1. The second-order valence-corrected chi connectivity index (χ2v) is 6.77. The molecule has 0 aliphatic heterocycles. The Morgan fingerprint density at radius 1 is 1.00 bits per heavy atom. The van der Waals surface area contributed by atoms with Crippen LogP contribution in [0.15, 0.2) is 77.3 Å². The SMILES string of the molecule is COc1ccc(/C(C#N)=C/c2ccccc2OCc2ccc(Br)cc2)cc1. The maximum absolute atomic E-state index is 9.60. The van der Waals surface area contributed by atoms with E-state index in [1.54, 1.807) is 7.11 Å². The molecule has 0 aliphatic rings. The third kappa shape index (κ3) is 4.99. The van der Waals surface area contributed by atoms with Crippen LogP contribution in [0.1, 0.15) is 16.7 Å². The van der Waals surface area contributed by atoms with Gasteiger partial charge in [0.15, 0.2) is 0 Å². The Bertz CT molecular complexity index is 971. The number of hydrogen-bond acceptors (Lipinski definition) is 3. The van der Waals surface area contributed by atoms with Crippen molar-refractivity contribution in [2.45, 2.75) is 6.61 Å². The van der Waals surface area contributed by atoms with Gasteiger partial charge in [-0.3, -0.25) is 0 Å². The summed E-state index contributed by atoms with van der Waals surface area (Å²) in [5, 5.41) is 9.60. The maximum atomic E-state index is 9.60. The monoisotopic (exact) mass is 419 g/mol. The molecule has 3 nitrogen and oxygen atoms in total. The van der Waals surface area contributed by atoms with E-state index in [4.69, 9.17) is 9.47 Å². The van der Waals surface area contributed by atoms with Crippen LogP contribution < -0.4 is 9.47 Å². The Labute approximate surface area is 167 Å². The Kier molecular flexibility index (Phi) is 6.30. The minimum absolute atomic E-state index is 0.461. The third-order valence-electron chi connectivity index (χ3n) is 4.05. The highest BCUT2D eigenvalue weighted by Crippen LogP contribution is 2.26. The van der Waals surface area contributed by atoms with E-state index in [-0.39, 0.29) is 0 Å². The molecule has 0 aromatic heterocycles. The number of hydrogen-bond donors (Lipinski definition) is 0. The normalized spacial score (nSPS) is 10.9. The van der Waals surface area contributed by atoms with Crippen LogP contribution in [0, 0.1) is 11.3 Å². The summed E-state index contributed by atoms with van der Waals surface area (Å²) in [6.07, 6.45) is 1.85. The molecule has 0 bridgehead atoms. The first-order chi connectivity index (χ1) is 13.2. The highest BCUT2D eigenvalue weighted by atomic mass is 79.9. The van der Waals surface area contributed by atoms with E-state index >= 15 is 0 Å². The van der Waals surface area contributed by atoms with Gasteiger partial charge in [-0.1, -0.05) is 46.3 Å².